The van der Waals surface area contributed by atoms with Crippen molar-refractivity contribution in [1.82, 2.24) is 4.31 Å². The molecule has 1 aliphatic heterocycles. The van der Waals surface area contributed by atoms with Gasteiger partial charge in [-0.2, -0.15) is 4.31 Å². The van der Waals surface area contributed by atoms with E-state index in [2.05, 4.69) is 15.5 Å². The smallest absolute Gasteiger partial charge is 0.323 e. The molecule has 1 fully saturated rings. The summed E-state index contributed by atoms with van der Waals surface area (Å²) in [6.07, 6.45) is 3.30. The Morgan fingerprint density at radius 1 is 1.00 bits per heavy atom. The highest BCUT2D eigenvalue weighted by Crippen LogP contribution is 2.32. The minimum absolute atomic E-state index is 0.166. The van der Waals surface area contributed by atoms with Crippen LogP contribution in [-0.2, 0) is 10.0 Å². The molecular formula is C22H29ClN4O3S. The molecule has 9 heteroatoms. The maximum Gasteiger partial charge on any atom is 0.323 e. The molecule has 2 aromatic carbocycles. The number of amides is 2. The molecule has 1 heterocycles. The van der Waals surface area contributed by atoms with Gasteiger partial charge in [-0.05, 0) is 61.7 Å². The van der Waals surface area contributed by atoms with Crippen LogP contribution in [0, 0.1) is 0 Å². The molecule has 0 atom stereocenters. The lowest BCUT2D eigenvalue weighted by molar-refractivity contribution is 0.262. The summed E-state index contributed by atoms with van der Waals surface area (Å²) in [5.41, 5.74) is 1.89. The zero-order chi connectivity index (χ0) is 22.4. The number of benzene rings is 2. The van der Waals surface area contributed by atoms with Gasteiger partial charge in [-0.1, -0.05) is 25.4 Å². The number of nitrogens with one attached hydrogen (secondary N) is 2. The predicted molar refractivity (Wildman–Crippen MR) is 127 cm³/mol. The Labute approximate surface area is 189 Å². The lowest BCUT2D eigenvalue weighted by Gasteiger charge is -2.31. The number of sulfonamides is 1. The predicted octanol–water partition coefficient (Wildman–Crippen LogP) is 5.00. The number of carbonyl (C=O) groups is 1. The Hall–Kier alpha value is -2.29. The van der Waals surface area contributed by atoms with Gasteiger partial charge in [-0.25, -0.2) is 13.2 Å². The zero-order valence-corrected chi connectivity index (χ0v) is 19.5. The maximum absolute atomic E-state index is 13.0. The van der Waals surface area contributed by atoms with Gasteiger partial charge < -0.3 is 15.5 Å². The Morgan fingerprint density at radius 2 is 1.65 bits per heavy atom. The fourth-order valence-electron chi connectivity index (χ4n) is 3.72. The Balaban J connectivity index is 1.91. The number of halogens is 1. The summed E-state index contributed by atoms with van der Waals surface area (Å²) in [5.74, 6) is 0. The van der Waals surface area contributed by atoms with E-state index in [0.717, 1.165) is 31.6 Å². The average molecular weight is 465 g/mol. The first-order chi connectivity index (χ1) is 14.8. The van der Waals surface area contributed by atoms with Crippen LogP contribution in [-0.4, -0.2) is 44.9 Å². The molecule has 31 heavy (non-hydrogen) atoms. The molecule has 0 aliphatic carbocycles. The second kappa shape index (κ2) is 10.3. The molecule has 3 rings (SSSR count). The van der Waals surface area contributed by atoms with Crippen molar-refractivity contribution in [3.8, 4) is 0 Å². The molecule has 0 bridgehead atoms. The van der Waals surface area contributed by atoms with E-state index in [4.69, 9.17) is 11.6 Å². The van der Waals surface area contributed by atoms with Crippen molar-refractivity contribution in [2.75, 3.05) is 41.7 Å². The van der Waals surface area contributed by atoms with Crippen LogP contribution in [0.25, 0.3) is 0 Å². The number of hydrogen-bond donors (Lipinski definition) is 2. The van der Waals surface area contributed by atoms with Crippen LogP contribution in [0.1, 0.15) is 33.1 Å². The first-order valence-electron chi connectivity index (χ1n) is 10.6. The summed E-state index contributed by atoms with van der Waals surface area (Å²) in [7, 11) is -3.64. The lowest BCUT2D eigenvalue weighted by Crippen LogP contribution is -2.32. The third-order valence-electron chi connectivity index (χ3n) is 5.36. The van der Waals surface area contributed by atoms with Crippen LogP contribution < -0.4 is 15.5 Å². The number of urea groups is 1. The fourth-order valence-corrected chi connectivity index (χ4v) is 5.33. The second-order valence-electron chi connectivity index (χ2n) is 7.40. The van der Waals surface area contributed by atoms with Gasteiger partial charge in [0.1, 0.15) is 0 Å². The van der Waals surface area contributed by atoms with E-state index in [1.54, 1.807) is 42.5 Å². The van der Waals surface area contributed by atoms with Crippen molar-refractivity contribution in [3.63, 3.8) is 0 Å². The normalized spacial score (nSPS) is 14.5. The van der Waals surface area contributed by atoms with Gasteiger partial charge >= 0.3 is 6.03 Å². The van der Waals surface area contributed by atoms with Crippen molar-refractivity contribution in [1.29, 1.82) is 0 Å². The Kier molecular flexibility index (Phi) is 7.80. The van der Waals surface area contributed by atoms with Crippen molar-refractivity contribution >= 4 is 44.7 Å². The first kappa shape index (κ1) is 23.4. The molecule has 0 aromatic heterocycles. The van der Waals surface area contributed by atoms with Crippen LogP contribution in [0.3, 0.4) is 0 Å². The molecule has 0 spiro atoms. The SMILES string of the molecule is CCN(CC)S(=O)(=O)c1ccc(N2CCCCC2)c(NC(=O)Nc2ccc(Cl)cc2)c1. The summed E-state index contributed by atoms with van der Waals surface area (Å²) in [6, 6.07) is 11.3. The zero-order valence-electron chi connectivity index (χ0n) is 17.9. The molecule has 1 saturated heterocycles. The van der Waals surface area contributed by atoms with Crippen LogP contribution >= 0.6 is 11.6 Å². The summed E-state index contributed by atoms with van der Waals surface area (Å²) >= 11 is 5.90. The molecule has 0 saturated carbocycles. The van der Waals surface area contributed by atoms with Gasteiger partial charge in [-0.3, -0.25) is 0 Å². The Morgan fingerprint density at radius 3 is 2.26 bits per heavy atom. The average Bonchev–Trinajstić information content (AvgIpc) is 2.76. The van der Waals surface area contributed by atoms with E-state index in [1.165, 1.54) is 10.7 Å². The number of hydrogen-bond acceptors (Lipinski definition) is 4. The van der Waals surface area contributed by atoms with E-state index < -0.39 is 16.1 Å². The van der Waals surface area contributed by atoms with Crippen molar-refractivity contribution in [2.24, 2.45) is 0 Å². The molecule has 2 aromatic rings. The summed E-state index contributed by atoms with van der Waals surface area (Å²) in [6.45, 7) is 6.12. The molecule has 2 N–H and O–H groups in total. The van der Waals surface area contributed by atoms with Gasteiger partial charge in [0.15, 0.2) is 0 Å². The number of nitrogens with zero attached hydrogens (tertiary/aromatic N) is 2. The first-order valence-corrected chi connectivity index (χ1v) is 12.4. The Bertz CT molecular complexity index is 1000. The van der Waals surface area contributed by atoms with Crippen molar-refractivity contribution in [3.05, 3.63) is 47.5 Å². The second-order valence-corrected chi connectivity index (χ2v) is 9.78. The molecular weight excluding hydrogens is 436 g/mol. The topological polar surface area (TPSA) is 81.8 Å². The quantitative estimate of drug-likeness (QED) is 0.603. The minimum atomic E-state index is -3.64. The van der Waals surface area contributed by atoms with Gasteiger partial charge in [0, 0.05) is 36.9 Å². The molecule has 1 aliphatic rings. The summed E-state index contributed by atoms with van der Waals surface area (Å²) in [4.78, 5) is 15.0. The fraction of sp³-hybridized carbons (Fsp3) is 0.409. The minimum Gasteiger partial charge on any atom is -0.370 e. The third-order valence-corrected chi connectivity index (χ3v) is 7.66. The summed E-state index contributed by atoms with van der Waals surface area (Å²) in [5, 5.41) is 6.19. The molecule has 0 radical (unpaired) electrons. The van der Waals surface area contributed by atoms with E-state index in [0.29, 0.717) is 29.5 Å². The monoisotopic (exact) mass is 464 g/mol. The van der Waals surface area contributed by atoms with E-state index >= 15 is 0 Å². The highest BCUT2D eigenvalue weighted by molar-refractivity contribution is 7.89. The largest absolute Gasteiger partial charge is 0.370 e. The number of anilines is 3. The third kappa shape index (κ3) is 5.70. The number of piperidine rings is 1. The maximum atomic E-state index is 13.0. The van der Waals surface area contributed by atoms with Gasteiger partial charge in [-0.15, -0.1) is 0 Å². The van der Waals surface area contributed by atoms with Crippen LogP contribution in [0.5, 0.6) is 0 Å². The van der Waals surface area contributed by atoms with Gasteiger partial charge in [0.2, 0.25) is 10.0 Å². The highest BCUT2D eigenvalue weighted by atomic mass is 35.5. The molecule has 2 amide bonds. The molecule has 0 unspecified atom stereocenters. The standard InChI is InChI=1S/C22H29ClN4O3S/c1-3-27(4-2)31(29,30)19-12-13-21(26-14-6-5-7-15-26)20(16-19)25-22(28)24-18-10-8-17(23)9-11-18/h8-13,16H,3-7,14-15H2,1-2H3,(H2,24,25,28). The summed E-state index contributed by atoms with van der Waals surface area (Å²) < 4.78 is 27.4. The van der Waals surface area contributed by atoms with Crippen LogP contribution in [0.4, 0.5) is 21.9 Å². The van der Waals surface area contributed by atoms with E-state index in [1.807, 2.05) is 13.8 Å². The highest BCUT2D eigenvalue weighted by Gasteiger charge is 2.24. The van der Waals surface area contributed by atoms with Crippen LogP contribution in [0.2, 0.25) is 5.02 Å². The van der Waals surface area contributed by atoms with Crippen molar-refractivity contribution < 1.29 is 13.2 Å². The van der Waals surface area contributed by atoms with Gasteiger partial charge in [0.25, 0.3) is 0 Å². The number of carbonyl (C=O) groups excluding carboxylic acids is 1. The van der Waals surface area contributed by atoms with E-state index in [-0.39, 0.29) is 4.90 Å². The number of rotatable bonds is 7. The lowest BCUT2D eigenvalue weighted by atomic mass is 10.1. The van der Waals surface area contributed by atoms with Crippen LogP contribution in [0.15, 0.2) is 47.4 Å². The molecule has 168 valence electrons. The van der Waals surface area contributed by atoms with Gasteiger partial charge in [0.05, 0.1) is 16.3 Å². The van der Waals surface area contributed by atoms with E-state index in [9.17, 15) is 13.2 Å². The van der Waals surface area contributed by atoms with Crippen molar-refractivity contribution in [2.45, 2.75) is 38.0 Å². The molecule has 7 nitrogen and oxygen atoms in total.